The van der Waals surface area contributed by atoms with Crippen molar-refractivity contribution >= 4 is 16.7 Å². The smallest absolute Gasteiger partial charge is 0.149 e. The predicted octanol–water partition coefficient (Wildman–Crippen LogP) is 3.15. The number of hydrogen-bond acceptors (Lipinski definition) is 5. The number of pyridine rings is 2. The van der Waals surface area contributed by atoms with E-state index in [2.05, 4.69) is 15.3 Å². The summed E-state index contributed by atoms with van der Waals surface area (Å²) >= 11 is 0. The van der Waals surface area contributed by atoms with Gasteiger partial charge >= 0.3 is 0 Å². The van der Waals surface area contributed by atoms with E-state index in [-0.39, 0.29) is 11.6 Å². The molecule has 4 N–H and O–H groups in total. The molecule has 1 atom stereocenters. The number of aliphatic hydroxyl groups is 1. The minimum atomic E-state index is -0.817. The average Bonchev–Trinajstić information content (AvgIpc) is 2.58. The fraction of sp³-hybridized carbons (Fsp3) is 0.263. The Balaban J connectivity index is 1.76. The van der Waals surface area contributed by atoms with E-state index in [1.165, 1.54) is 18.6 Å². The molecule has 1 aliphatic carbocycles. The summed E-state index contributed by atoms with van der Waals surface area (Å²) in [6, 6.07) is 10.2. The Hall–Kier alpha value is -2.57. The van der Waals surface area contributed by atoms with Crippen LogP contribution in [0.25, 0.3) is 22.2 Å². The molecule has 0 bridgehead atoms. The summed E-state index contributed by atoms with van der Waals surface area (Å²) in [5.74, 6) is -0.0350. The molecule has 0 spiro atoms. The molecule has 0 radical (unpaired) electrons. The van der Waals surface area contributed by atoms with Crippen molar-refractivity contribution in [2.75, 3.05) is 5.73 Å². The number of rotatable bonds is 4. The molecule has 25 heavy (non-hydrogen) atoms. The Morgan fingerprint density at radius 3 is 2.80 bits per heavy atom. The zero-order valence-electron chi connectivity index (χ0n) is 13.6. The molecular formula is C19H19FN4O. The molecular weight excluding hydrogens is 319 g/mol. The van der Waals surface area contributed by atoms with Gasteiger partial charge in [-0.1, -0.05) is 24.6 Å². The minimum absolute atomic E-state index is 0.285. The number of nitrogens with two attached hydrogens (primary N) is 1. The van der Waals surface area contributed by atoms with Gasteiger partial charge < -0.3 is 10.8 Å². The summed E-state index contributed by atoms with van der Waals surface area (Å²) in [4.78, 5) is 8.72. The van der Waals surface area contributed by atoms with Gasteiger partial charge in [0.15, 0.2) is 0 Å². The van der Waals surface area contributed by atoms with E-state index in [0.717, 1.165) is 18.2 Å². The second-order valence-electron chi connectivity index (χ2n) is 6.40. The lowest BCUT2D eigenvalue weighted by molar-refractivity contribution is 0.106. The summed E-state index contributed by atoms with van der Waals surface area (Å²) in [5.41, 5.74) is 8.42. The van der Waals surface area contributed by atoms with Crippen molar-refractivity contribution in [2.24, 2.45) is 0 Å². The number of hydrogen-bond donors (Lipinski definition) is 3. The topological polar surface area (TPSA) is 84.1 Å². The predicted molar refractivity (Wildman–Crippen MR) is 95.1 cm³/mol. The van der Waals surface area contributed by atoms with Crippen LogP contribution in [0.4, 0.5) is 10.2 Å². The molecule has 1 saturated carbocycles. The molecule has 2 aromatic heterocycles. The third-order valence-electron chi connectivity index (χ3n) is 4.71. The number of anilines is 1. The quantitative estimate of drug-likeness (QED) is 0.637. The van der Waals surface area contributed by atoms with Crippen LogP contribution in [0.3, 0.4) is 0 Å². The molecule has 1 fully saturated rings. The van der Waals surface area contributed by atoms with E-state index in [1.54, 1.807) is 24.4 Å². The fourth-order valence-corrected chi connectivity index (χ4v) is 3.07. The monoisotopic (exact) mass is 338 g/mol. The summed E-state index contributed by atoms with van der Waals surface area (Å²) in [6.45, 7) is 0. The number of benzene rings is 1. The molecule has 2 heterocycles. The first-order valence-electron chi connectivity index (χ1n) is 8.37. The second kappa shape index (κ2) is 6.38. The summed E-state index contributed by atoms with van der Waals surface area (Å²) in [6.07, 6.45) is 4.09. The number of nitrogens with one attached hydrogen (secondary N) is 1. The van der Waals surface area contributed by atoms with Crippen molar-refractivity contribution < 1.29 is 9.50 Å². The highest BCUT2D eigenvalue weighted by Crippen LogP contribution is 2.29. The van der Waals surface area contributed by atoms with Gasteiger partial charge in [-0.25, -0.2) is 14.4 Å². The molecule has 0 aliphatic heterocycles. The lowest BCUT2D eigenvalue weighted by Gasteiger charge is -2.29. The van der Waals surface area contributed by atoms with Crippen molar-refractivity contribution in [3.63, 3.8) is 0 Å². The fourth-order valence-electron chi connectivity index (χ4n) is 3.07. The van der Waals surface area contributed by atoms with E-state index in [1.807, 2.05) is 6.07 Å². The normalized spacial score (nSPS) is 15.9. The van der Waals surface area contributed by atoms with Gasteiger partial charge in [0, 0.05) is 28.8 Å². The van der Waals surface area contributed by atoms with Crippen molar-refractivity contribution in [3.05, 3.63) is 54.0 Å². The van der Waals surface area contributed by atoms with E-state index in [0.29, 0.717) is 28.4 Å². The summed E-state index contributed by atoms with van der Waals surface area (Å²) < 4.78 is 13.5. The number of aliphatic hydroxyl groups excluding tert-OH is 1. The van der Waals surface area contributed by atoms with E-state index >= 15 is 0 Å². The number of fused-ring (bicyclic) bond motifs is 1. The minimum Gasteiger partial charge on any atom is -0.382 e. The first-order chi connectivity index (χ1) is 12.1. The van der Waals surface area contributed by atoms with Gasteiger partial charge in [0.25, 0.3) is 0 Å². The number of nitrogen functional groups attached to an aromatic ring is 1. The van der Waals surface area contributed by atoms with Gasteiger partial charge in [-0.05, 0) is 31.0 Å². The zero-order valence-corrected chi connectivity index (χ0v) is 13.6. The molecule has 128 valence electrons. The van der Waals surface area contributed by atoms with Gasteiger partial charge in [-0.2, -0.15) is 0 Å². The highest BCUT2D eigenvalue weighted by molar-refractivity contribution is 5.91. The van der Waals surface area contributed by atoms with Crippen molar-refractivity contribution in [1.82, 2.24) is 15.3 Å². The largest absolute Gasteiger partial charge is 0.382 e. The van der Waals surface area contributed by atoms with Crippen molar-refractivity contribution in [2.45, 2.75) is 31.5 Å². The molecule has 1 unspecified atom stereocenters. The number of aromatic nitrogens is 2. The second-order valence-corrected chi connectivity index (χ2v) is 6.40. The van der Waals surface area contributed by atoms with Crippen LogP contribution < -0.4 is 11.1 Å². The molecule has 5 nitrogen and oxygen atoms in total. The third kappa shape index (κ3) is 3.06. The highest BCUT2D eigenvalue weighted by Gasteiger charge is 2.22. The van der Waals surface area contributed by atoms with E-state index in [4.69, 9.17) is 5.73 Å². The van der Waals surface area contributed by atoms with Crippen LogP contribution in [0.5, 0.6) is 0 Å². The first-order valence-corrected chi connectivity index (χ1v) is 8.37. The number of halogens is 1. The lowest BCUT2D eigenvalue weighted by Crippen LogP contribution is -2.37. The maximum atomic E-state index is 13.5. The van der Waals surface area contributed by atoms with Gasteiger partial charge in [0.1, 0.15) is 23.4 Å². The van der Waals surface area contributed by atoms with E-state index in [9.17, 15) is 9.50 Å². The standard InChI is InChI=1S/C19H19FN4O/c20-12-4-1-3-11(9-12)16-8-7-14-15(10-22-18(21)17(14)24-16)19(25)23-13-5-2-6-13/h1,3-4,7-10,13,19,23,25H,2,5-6H2,(H2,21,22). The van der Waals surface area contributed by atoms with Crippen molar-refractivity contribution in [1.29, 1.82) is 0 Å². The molecule has 3 aromatic rings. The van der Waals surface area contributed by atoms with Crippen LogP contribution in [-0.2, 0) is 0 Å². The first kappa shape index (κ1) is 15.9. The Kier molecular flexibility index (Phi) is 4.07. The molecule has 4 rings (SSSR count). The Morgan fingerprint density at radius 2 is 2.08 bits per heavy atom. The molecule has 6 heteroatoms. The van der Waals surface area contributed by atoms with Gasteiger partial charge in [-0.3, -0.25) is 5.32 Å². The summed E-state index contributed by atoms with van der Waals surface area (Å²) in [7, 11) is 0. The van der Waals surface area contributed by atoms with Crippen LogP contribution >= 0.6 is 0 Å². The van der Waals surface area contributed by atoms with Crippen molar-refractivity contribution in [3.8, 4) is 11.3 Å². The third-order valence-corrected chi connectivity index (χ3v) is 4.71. The molecule has 1 aliphatic rings. The molecule has 0 amide bonds. The Labute approximate surface area is 144 Å². The van der Waals surface area contributed by atoms with Crippen LogP contribution in [0.2, 0.25) is 0 Å². The maximum Gasteiger partial charge on any atom is 0.149 e. The Bertz CT molecular complexity index is 926. The van der Waals surface area contributed by atoms with E-state index < -0.39 is 6.23 Å². The Morgan fingerprint density at radius 1 is 1.24 bits per heavy atom. The van der Waals surface area contributed by atoms with Gasteiger partial charge in [-0.15, -0.1) is 0 Å². The average molecular weight is 338 g/mol. The molecule has 1 aromatic carbocycles. The lowest BCUT2D eigenvalue weighted by atomic mass is 9.92. The molecule has 0 saturated heterocycles. The SMILES string of the molecule is Nc1ncc(C(O)NC2CCC2)c2ccc(-c3cccc(F)c3)nc12. The maximum absolute atomic E-state index is 13.5. The van der Waals surface area contributed by atoms with Crippen LogP contribution in [0.15, 0.2) is 42.6 Å². The van der Waals surface area contributed by atoms with Gasteiger partial charge in [0.2, 0.25) is 0 Å². The van der Waals surface area contributed by atoms with Gasteiger partial charge in [0.05, 0.1) is 5.69 Å². The summed E-state index contributed by atoms with van der Waals surface area (Å²) in [5, 5.41) is 14.4. The zero-order chi connectivity index (χ0) is 17.4. The highest BCUT2D eigenvalue weighted by atomic mass is 19.1. The number of nitrogens with zero attached hydrogens (tertiary/aromatic N) is 2. The van der Waals surface area contributed by atoms with Crippen LogP contribution in [-0.4, -0.2) is 21.1 Å². The van der Waals surface area contributed by atoms with Crippen LogP contribution in [0.1, 0.15) is 31.1 Å². The van der Waals surface area contributed by atoms with Crippen LogP contribution in [0, 0.1) is 5.82 Å².